The summed E-state index contributed by atoms with van der Waals surface area (Å²) in [4.78, 5) is 2.04. The molecule has 2 heterocycles. The number of H-pyrrole nitrogens is 1. The van der Waals surface area contributed by atoms with Gasteiger partial charge < -0.3 is 15.4 Å². The standard InChI is InChI=1S/C18H21N5O/c1-4-5-14-16-15(11-6-8-12(9-7-11)23(2)3)13(10-19)17(20)24-18(16)22-21-14/h6-9,15H,4-5,20H2,1-3H3,(H,21,22)/t15-/m1/s1. The molecule has 0 aliphatic carbocycles. The van der Waals surface area contributed by atoms with Crippen LogP contribution in [0.5, 0.6) is 5.88 Å². The fourth-order valence-electron chi connectivity index (χ4n) is 3.05. The molecule has 0 bridgehead atoms. The van der Waals surface area contributed by atoms with Crippen molar-refractivity contribution >= 4 is 5.69 Å². The van der Waals surface area contributed by atoms with Crippen LogP contribution >= 0.6 is 0 Å². The van der Waals surface area contributed by atoms with Crippen molar-refractivity contribution in [1.82, 2.24) is 10.2 Å². The van der Waals surface area contributed by atoms with Gasteiger partial charge in [0.2, 0.25) is 11.8 Å². The minimum Gasteiger partial charge on any atom is -0.420 e. The van der Waals surface area contributed by atoms with Gasteiger partial charge in [-0.05, 0) is 24.1 Å². The number of nitriles is 1. The van der Waals surface area contributed by atoms with Gasteiger partial charge in [0.15, 0.2) is 0 Å². The molecular weight excluding hydrogens is 302 g/mol. The predicted molar refractivity (Wildman–Crippen MR) is 92.6 cm³/mol. The molecule has 1 aromatic carbocycles. The van der Waals surface area contributed by atoms with Crippen LogP contribution in [0.25, 0.3) is 0 Å². The van der Waals surface area contributed by atoms with Crippen molar-refractivity contribution in [2.45, 2.75) is 25.7 Å². The zero-order valence-electron chi connectivity index (χ0n) is 14.1. The third kappa shape index (κ3) is 2.58. The normalized spacial score (nSPS) is 16.3. The molecule has 1 aromatic heterocycles. The molecule has 6 heteroatoms. The van der Waals surface area contributed by atoms with Crippen molar-refractivity contribution in [2.24, 2.45) is 5.73 Å². The number of ether oxygens (including phenoxy) is 1. The summed E-state index contributed by atoms with van der Waals surface area (Å²) in [6.45, 7) is 2.10. The van der Waals surface area contributed by atoms with E-state index in [1.807, 2.05) is 43.3 Å². The number of fused-ring (bicyclic) bond motifs is 1. The van der Waals surface area contributed by atoms with Crippen LogP contribution in [0.1, 0.15) is 36.1 Å². The molecule has 0 fully saturated rings. The van der Waals surface area contributed by atoms with Gasteiger partial charge in [-0.25, -0.2) is 0 Å². The molecule has 0 unspecified atom stereocenters. The van der Waals surface area contributed by atoms with Crippen LogP contribution in [0.15, 0.2) is 35.7 Å². The number of nitrogens with two attached hydrogens (primary N) is 1. The Morgan fingerprint density at radius 3 is 2.62 bits per heavy atom. The Hall–Kier alpha value is -2.94. The van der Waals surface area contributed by atoms with E-state index in [-0.39, 0.29) is 11.8 Å². The number of anilines is 1. The fourth-order valence-corrected chi connectivity index (χ4v) is 3.05. The third-order valence-corrected chi connectivity index (χ3v) is 4.26. The van der Waals surface area contributed by atoms with Crippen molar-refractivity contribution in [3.05, 3.63) is 52.5 Å². The van der Waals surface area contributed by atoms with E-state index >= 15 is 0 Å². The summed E-state index contributed by atoms with van der Waals surface area (Å²) in [6.07, 6.45) is 1.82. The monoisotopic (exact) mass is 323 g/mol. The molecule has 0 saturated heterocycles. The maximum absolute atomic E-state index is 9.61. The highest BCUT2D eigenvalue weighted by molar-refractivity contribution is 5.57. The zero-order valence-corrected chi connectivity index (χ0v) is 14.1. The Morgan fingerprint density at radius 1 is 1.33 bits per heavy atom. The summed E-state index contributed by atoms with van der Waals surface area (Å²) >= 11 is 0. The highest BCUT2D eigenvalue weighted by Gasteiger charge is 2.34. The van der Waals surface area contributed by atoms with Gasteiger partial charge in [-0.15, -0.1) is 5.10 Å². The van der Waals surface area contributed by atoms with E-state index in [0.29, 0.717) is 11.5 Å². The summed E-state index contributed by atoms with van der Waals surface area (Å²) in [6, 6.07) is 10.4. The van der Waals surface area contributed by atoms with Crippen molar-refractivity contribution in [3.63, 3.8) is 0 Å². The topological polar surface area (TPSA) is 91.0 Å². The van der Waals surface area contributed by atoms with E-state index in [4.69, 9.17) is 10.5 Å². The van der Waals surface area contributed by atoms with Crippen LogP contribution in [0.2, 0.25) is 0 Å². The van der Waals surface area contributed by atoms with Crippen LogP contribution in [0, 0.1) is 11.3 Å². The lowest BCUT2D eigenvalue weighted by molar-refractivity contribution is 0.378. The van der Waals surface area contributed by atoms with E-state index in [1.54, 1.807) is 0 Å². The van der Waals surface area contributed by atoms with Gasteiger partial charge in [0.1, 0.15) is 11.6 Å². The van der Waals surface area contributed by atoms with E-state index < -0.39 is 0 Å². The van der Waals surface area contributed by atoms with Gasteiger partial charge in [-0.1, -0.05) is 25.5 Å². The Labute approximate surface area is 141 Å². The van der Waals surface area contributed by atoms with Crippen LogP contribution in [-0.4, -0.2) is 24.3 Å². The predicted octanol–water partition coefficient (Wildman–Crippen LogP) is 2.65. The smallest absolute Gasteiger partial charge is 0.244 e. The second kappa shape index (κ2) is 6.28. The van der Waals surface area contributed by atoms with Crippen LogP contribution in [-0.2, 0) is 6.42 Å². The number of hydrogen-bond donors (Lipinski definition) is 2. The highest BCUT2D eigenvalue weighted by Crippen LogP contribution is 2.43. The molecule has 0 radical (unpaired) electrons. The van der Waals surface area contributed by atoms with Crippen molar-refractivity contribution in [1.29, 1.82) is 5.26 Å². The van der Waals surface area contributed by atoms with E-state index in [9.17, 15) is 5.26 Å². The van der Waals surface area contributed by atoms with E-state index in [1.165, 1.54) is 0 Å². The third-order valence-electron chi connectivity index (χ3n) is 4.26. The summed E-state index contributed by atoms with van der Waals surface area (Å²) < 4.78 is 5.56. The first-order valence-corrected chi connectivity index (χ1v) is 7.98. The summed E-state index contributed by atoms with van der Waals surface area (Å²) in [5.41, 5.74) is 10.4. The Bertz CT molecular complexity index is 811. The molecule has 0 saturated carbocycles. The lowest BCUT2D eigenvalue weighted by Gasteiger charge is -2.24. The number of allylic oxidation sites excluding steroid dienone is 1. The maximum atomic E-state index is 9.61. The maximum Gasteiger partial charge on any atom is 0.244 e. The minimum absolute atomic E-state index is 0.126. The molecule has 6 nitrogen and oxygen atoms in total. The summed E-state index contributed by atoms with van der Waals surface area (Å²) in [5, 5.41) is 16.9. The first kappa shape index (κ1) is 15.9. The average Bonchev–Trinajstić information content (AvgIpc) is 2.96. The van der Waals surface area contributed by atoms with Gasteiger partial charge in [-0.2, -0.15) is 5.26 Å². The second-order valence-electron chi connectivity index (χ2n) is 6.08. The quantitative estimate of drug-likeness (QED) is 0.902. The Kier molecular flexibility index (Phi) is 4.17. The molecule has 0 amide bonds. The number of nitrogens with zero attached hydrogens (tertiary/aromatic N) is 3. The molecule has 3 N–H and O–H groups in total. The van der Waals surface area contributed by atoms with Gasteiger partial charge in [0.25, 0.3) is 0 Å². The van der Waals surface area contributed by atoms with Crippen molar-refractivity contribution < 1.29 is 4.74 Å². The highest BCUT2D eigenvalue weighted by atomic mass is 16.5. The largest absolute Gasteiger partial charge is 0.420 e. The summed E-state index contributed by atoms with van der Waals surface area (Å²) in [5.74, 6) is 0.341. The molecule has 2 aromatic rings. The molecule has 24 heavy (non-hydrogen) atoms. The van der Waals surface area contributed by atoms with E-state index in [2.05, 4.69) is 23.2 Å². The molecule has 1 aliphatic heterocycles. The number of aryl methyl sites for hydroxylation is 1. The van der Waals surface area contributed by atoms with Gasteiger partial charge >= 0.3 is 0 Å². The molecular formula is C18H21N5O. The zero-order chi connectivity index (χ0) is 17.3. The first-order valence-electron chi connectivity index (χ1n) is 7.98. The number of benzene rings is 1. The Morgan fingerprint density at radius 2 is 2.04 bits per heavy atom. The summed E-state index contributed by atoms with van der Waals surface area (Å²) in [7, 11) is 3.99. The van der Waals surface area contributed by atoms with Gasteiger partial charge in [-0.3, -0.25) is 5.10 Å². The average molecular weight is 323 g/mol. The molecule has 0 spiro atoms. The van der Waals surface area contributed by atoms with Gasteiger partial charge in [0.05, 0.1) is 5.92 Å². The van der Waals surface area contributed by atoms with Gasteiger partial charge in [0, 0.05) is 31.0 Å². The molecule has 1 atom stereocenters. The molecule has 1 aliphatic rings. The first-order chi connectivity index (χ1) is 11.6. The minimum atomic E-state index is -0.254. The van der Waals surface area contributed by atoms with Crippen molar-refractivity contribution in [2.75, 3.05) is 19.0 Å². The van der Waals surface area contributed by atoms with Crippen molar-refractivity contribution in [3.8, 4) is 11.9 Å². The number of hydrogen-bond acceptors (Lipinski definition) is 5. The van der Waals surface area contributed by atoms with Crippen LogP contribution in [0.3, 0.4) is 0 Å². The Balaban J connectivity index is 2.13. The second-order valence-corrected chi connectivity index (χ2v) is 6.08. The van der Waals surface area contributed by atoms with Crippen LogP contribution in [0.4, 0.5) is 5.69 Å². The van der Waals surface area contributed by atoms with E-state index in [0.717, 1.165) is 35.3 Å². The number of aromatic amines is 1. The number of rotatable bonds is 4. The van der Waals surface area contributed by atoms with Crippen LogP contribution < -0.4 is 15.4 Å². The molecule has 3 rings (SSSR count). The molecule has 124 valence electrons. The number of aromatic nitrogens is 2. The lowest BCUT2D eigenvalue weighted by Crippen LogP contribution is -2.21. The lowest BCUT2D eigenvalue weighted by atomic mass is 9.83. The fraction of sp³-hybridized carbons (Fsp3) is 0.333. The SMILES string of the molecule is CCCc1[nH]nc2c1[C@H](c1ccc(N(C)C)cc1)C(C#N)=C(N)O2. The number of nitrogens with one attached hydrogen (secondary N) is 1.